The van der Waals surface area contributed by atoms with Gasteiger partial charge in [0, 0.05) is 0 Å². The molecule has 1 N–H and O–H groups in total. The number of phenolic OH excluding ortho intramolecular Hbond substituents is 1. The van der Waals surface area contributed by atoms with E-state index in [4.69, 9.17) is 5.11 Å². The summed E-state index contributed by atoms with van der Waals surface area (Å²) in [7, 11) is -4.69. The van der Waals surface area contributed by atoms with Crippen LogP contribution in [0.15, 0.2) is 29.2 Å². The van der Waals surface area contributed by atoms with Crippen LogP contribution in [0.3, 0.4) is 0 Å². The Morgan fingerprint density at radius 3 is 2.23 bits per heavy atom. The molecule has 72 valence electrons. The zero-order chi connectivity index (χ0) is 10.1. The van der Waals surface area contributed by atoms with Gasteiger partial charge in [-0.1, -0.05) is 12.1 Å². The smallest absolute Gasteiger partial charge is 0.341 e. The molecule has 0 aliphatic carbocycles. The summed E-state index contributed by atoms with van der Waals surface area (Å²) in [5.41, 5.74) is 0. The number of para-hydroxylation sites is 1. The van der Waals surface area contributed by atoms with Crippen LogP contribution in [0.25, 0.3) is 0 Å². The second kappa shape index (κ2) is 3.29. The average molecular weight is 208 g/mol. The largest absolute Gasteiger partial charge is 0.507 e. The van der Waals surface area contributed by atoms with E-state index in [1.54, 1.807) is 0 Å². The molecular formula is C7H6F2O3S. The molecule has 1 aromatic carbocycles. The van der Waals surface area contributed by atoms with Crippen molar-refractivity contribution in [3.05, 3.63) is 24.3 Å². The third kappa shape index (κ3) is 1.77. The molecule has 0 saturated heterocycles. The molecule has 0 atom stereocenters. The van der Waals surface area contributed by atoms with Gasteiger partial charge in [0.1, 0.15) is 10.6 Å². The highest BCUT2D eigenvalue weighted by atomic mass is 32.2. The minimum Gasteiger partial charge on any atom is -0.507 e. The maximum Gasteiger partial charge on any atom is 0.341 e. The SMILES string of the molecule is O=S(=O)(c1ccccc1O)C(F)F. The zero-order valence-electron chi connectivity index (χ0n) is 6.31. The van der Waals surface area contributed by atoms with Gasteiger partial charge in [0.25, 0.3) is 0 Å². The molecule has 0 fully saturated rings. The quantitative estimate of drug-likeness (QED) is 0.798. The summed E-state index contributed by atoms with van der Waals surface area (Å²) in [5.74, 6) is -4.18. The van der Waals surface area contributed by atoms with Crippen molar-refractivity contribution in [2.45, 2.75) is 10.7 Å². The van der Waals surface area contributed by atoms with E-state index in [1.807, 2.05) is 0 Å². The van der Waals surface area contributed by atoms with Crippen LogP contribution in [-0.4, -0.2) is 19.3 Å². The fraction of sp³-hybridized carbons (Fsp3) is 0.143. The number of sulfone groups is 1. The van der Waals surface area contributed by atoms with Crippen molar-refractivity contribution in [3.8, 4) is 5.75 Å². The third-order valence-corrected chi connectivity index (χ3v) is 2.83. The maximum atomic E-state index is 12.0. The van der Waals surface area contributed by atoms with Gasteiger partial charge < -0.3 is 5.11 Å². The summed E-state index contributed by atoms with van der Waals surface area (Å²) in [4.78, 5) is -0.745. The van der Waals surface area contributed by atoms with Gasteiger partial charge in [-0.3, -0.25) is 0 Å². The Kier molecular flexibility index (Phi) is 2.51. The molecule has 1 rings (SSSR count). The van der Waals surface area contributed by atoms with Crippen molar-refractivity contribution in [1.82, 2.24) is 0 Å². The fourth-order valence-electron chi connectivity index (χ4n) is 0.794. The van der Waals surface area contributed by atoms with Crippen LogP contribution >= 0.6 is 0 Å². The summed E-state index contributed by atoms with van der Waals surface area (Å²) in [6, 6.07) is 4.57. The molecule has 1 aromatic rings. The zero-order valence-corrected chi connectivity index (χ0v) is 7.13. The lowest BCUT2D eigenvalue weighted by molar-refractivity contribution is 0.234. The Morgan fingerprint density at radius 2 is 1.77 bits per heavy atom. The van der Waals surface area contributed by atoms with Crippen LogP contribution in [-0.2, 0) is 9.84 Å². The Balaban J connectivity index is 3.32. The van der Waals surface area contributed by atoms with Crippen molar-refractivity contribution < 1.29 is 22.3 Å². The van der Waals surface area contributed by atoms with Crippen LogP contribution in [0.5, 0.6) is 5.75 Å². The predicted molar refractivity (Wildman–Crippen MR) is 41.3 cm³/mol. The van der Waals surface area contributed by atoms with Gasteiger partial charge in [0.15, 0.2) is 0 Å². The van der Waals surface area contributed by atoms with E-state index < -0.39 is 26.2 Å². The van der Waals surface area contributed by atoms with E-state index in [1.165, 1.54) is 12.1 Å². The summed E-state index contributed by atoms with van der Waals surface area (Å²) in [5, 5.41) is 8.98. The number of aromatic hydroxyl groups is 1. The minimum absolute atomic E-state index is 0.664. The van der Waals surface area contributed by atoms with Gasteiger partial charge in [-0.2, -0.15) is 8.78 Å². The first kappa shape index (κ1) is 9.91. The maximum absolute atomic E-state index is 12.0. The molecule has 0 aliphatic rings. The molecule has 0 bridgehead atoms. The van der Waals surface area contributed by atoms with Crippen LogP contribution < -0.4 is 0 Å². The monoisotopic (exact) mass is 208 g/mol. The van der Waals surface area contributed by atoms with Gasteiger partial charge in [-0.25, -0.2) is 8.42 Å². The van der Waals surface area contributed by atoms with Gasteiger partial charge in [-0.15, -0.1) is 0 Å². The second-order valence-corrected chi connectivity index (χ2v) is 4.16. The van der Waals surface area contributed by atoms with E-state index in [-0.39, 0.29) is 0 Å². The highest BCUT2D eigenvalue weighted by Gasteiger charge is 2.28. The summed E-state index contributed by atoms with van der Waals surface area (Å²) in [6.07, 6.45) is 0. The topological polar surface area (TPSA) is 54.4 Å². The van der Waals surface area contributed by atoms with Gasteiger partial charge in [-0.05, 0) is 12.1 Å². The minimum atomic E-state index is -4.69. The van der Waals surface area contributed by atoms with Crippen molar-refractivity contribution in [1.29, 1.82) is 0 Å². The summed E-state index contributed by atoms with van der Waals surface area (Å²) in [6.45, 7) is 0. The molecule has 0 aromatic heterocycles. The molecular weight excluding hydrogens is 202 g/mol. The lowest BCUT2D eigenvalue weighted by Gasteiger charge is -2.03. The van der Waals surface area contributed by atoms with Crippen molar-refractivity contribution in [3.63, 3.8) is 0 Å². The normalized spacial score (nSPS) is 11.9. The van der Waals surface area contributed by atoms with Crippen molar-refractivity contribution in [2.24, 2.45) is 0 Å². The van der Waals surface area contributed by atoms with E-state index in [9.17, 15) is 17.2 Å². The number of rotatable bonds is 2. The molecule has 0 amide bonds. The Labute approximate surface area is 73.5 Å². The fourth-order valence-corrected chi connectivity index (χ4v) is 1.61. The van der Waals surface area contributed by atoms with Crippen LogP contribution in [0.1, 0.15) is 0 Å². The Bertz CT molecular complexity index is 400. The van der Waals surface area contributed by atoms with Crippen LogP contribution in [0, 0.1) is 0 Å². The molecule has 3 nitrogen and oxygen atoms in total. The van der Waals surface area contributed by atoms with E-state index in [0.29, 0.717) is 0 Å². The lowest BCUT2D eigenvalue weighted by atomic mass is 10.3. The molecule has 6 heteroatoms. The number of hydrogen-bond donors (Lipinski definition) is 1. The predicted octanol–water partition coefficient (Wildman–Crippen LogP) is 1.39. The van der Waals surface area contributed by atoms with Gasteiger partial charge in [0.2, 0.25) is 9.84 Å². The number of hydrogen-bond acceptors (Lipinski definition) is 3. The first-order chi connectivity index (χ1) is 5.96. The molecule has 0 spiro atoms. The molecule has 0 radical (unpaired) electrons. The number of alkyl halides is 2. The Morgan fingerprint density at radius 1 is 1.23 bits per heavy atom. The molecule has 0 saturated carbocycles. The standard InChI is InChI=1S/C7H6F2O3S/c8-7(9)13(11,12)6-4-2-1-3-5(6)10/h1-4,7,10H. The van der Waals surface area contributed by atoms with Gasteiger partial charge >= 0.3 is 5.76 Å². The summed E-state index contributed by atoms with van der Waals surface area (Å²) >= 11 is 0. The van der Waals surface area contributed by atoms with Crippen LogP contribution in [0.4, 0.5) is 8.78 Å². The van der Waals surface area contributed by atoms with Crippen molar-refractivity contribution >= 4 is 9.84 Å². The number of benzene rings is 1. The first-order valence-corrected chi connectivity index (χ1v) is 4.81. The number of halogens is 2. The Hall–Kier alpha value is -1.17. The molecule has 0 heterocycles. The third-order valence-electron chi connectivity index (χ3n) is 1.41. The van der Waals surface area contributed by atoms with E-state index >= 15 is 0 Å². The van der Waals surface area contributed by atoms with Gasteiger partial charge in [0.05, 0.1) is 0 Å². The molecule has 0 unspecified atom stereocenters. The van der Waals surface area contributed by atoms with E-state index in [2.05, 4.69) is 0 Å². The second-order valence-electron chi connectivity index (χ2n) is 2.27. The van der Waals surface area contributed by atoms with E-state index in [0.717, 1.165) is 12.1 Å². The van der Waals surface area contributed by atoms with Crippen molar-refractivity contribution in [2.75, 3.05) is 0 Å². The summed E-state index contributed by atoms with van der Waals surface area (Å²) < 4.78 is 45.6. The van der Waals surface area contributed by atoms with Crippen LogP contribution in [0.2, 0.25) is 0 Å². The average Bonchev–Trinajstić information content (AvgIpc) is 2.04. The highest BCUT2D eigenvalue weighted by Crippen LogP contribution is 2.26. The first-order valence-electron chi connectivity index (χ1n) is 3.26. The molecule has 0 aliphatic heterocycles. The molecule has 13 heavy (non-hydrogen) atoms. The number of phenols is 1. The highest BCUT2D eigenvalue weighted by molar-refractivity contribution is 7.91. The lowest BCUT2D eigenvalue weighted by Crippen LogP contribution is -2.11.